The maximum atomic E-state index is 12.8. The highest BCUT2D eigenvalue weighted by molar-refractivity contribution is 8.00. The summed E-state index contributed by atoms with van der Waals surface area (Å²) in [6, 6.07) is 14.5. The molecule has 2 aromatic carbocycles. The molecule has 128 valence electrons. The molecule has 0 aromatic heterocycles. The molecule has 25 heavy (non-hydrogen) atoms. The molecule has 0 bridgehead atoms. The van der Waals surface area contributed by atoms with Crippen LogP contribution in [-0.4, -0.2) is 23.5 Å². The van der Waals surface area contributed by atoms with Crippen LogP contribution in [0.5, 0.6) is 0 Å². The zero-order valence-electron chi connectivity index (χ0n) is 13.3. The van der Waals surface area contributed by atoms with E-state index in [1.807, 2.05) is 30.3 Å². The number of nitrogens with one attached hydrogen (secondary N) is 2. The Bertz CT molecular complexity index is 838. The Morgan fingerprint density at radius 3 is 2.68 bits per heavy atom. The lowest BCUT2D eigenvalue weighted by molar-refractivity contribution is -0.123. The third-order valence-electron chi connectivity index (χ3n) is 3.83. The minimum Gasteiger partial charge on any atom is -0.369 e. The number of hydrogen-bond acceptors (Lipinski definition) is 4. The molecule has 1 aliphatic rings. The molecule has 0 fully saturated rings. The van der Waals surface area contributed by atoms with Gasteiger partial charge in [-0.05, 0) is 23.8 Å². The minimum atomic E-state index is -0.556. The number of hydrogen-bond donors (Lipinski definition) is 3. The fourth-order valence-corrected chi connectivity index (χ4v) is 3.46. The molecule has 1 heterocycles. The van der Waals surface area contributed by atoms with Gasteiger partial charge in [0.2, 0.25) is 17.7 Å². The first-order valence-corrected chi connectivity index (χ1v) is 8.73. The van der Waals surface area contributed by atoms with Crippen LogP contribution in [-0.2, 0) is 14.4 Å². The van der Waals surface area contributed by atoms with Gasteiger partial charge in [0.1, 0.15) is 0 Å². The average Bonchev–Trinajstić information content (AvgIpc) is 2.60. The van der Waals surface area contributed by atoms with Gasteiger partial charge in [0.25, 0.3) is 0 Å². The number of para-hydroxylation sites is 2. The lowest BCUT2D eigenvalue weighted by atomic mass is 9.90. The molecule has 0 radical (unpaired) electrons. The molecule has 3 rings (SSSR count). The van der Waals surface area contributed by atoms with Crippen LogP contribution in [0.15, 0.2) is 53.4 Å². The number of primary amides is 1. The monoisotopic (exact) mass is 355 g/mol. The molecule has 1 atom stereocenters. The lowest BCUT2D eigenvalue weighted by Crippen LogP contribution is -2.30. The van der Waals surface area contributed by atoms with Gasteiger partial charge >= 0.3 is 0 Å². The van der Waals surface area contributed by atoms with Crippen LogP contribution in [0, 0.1) is 0 Å². The van der Waals surface area contributed by atoms with Crippen molar-refractivity contribution in [2.24, 2.45) is 5.73 Å². The minimum absolute atomic E-state index is 0.0967. The number of anilines is 2. The van der Waals surface area contributed by atoms with Gasteiger partial charge < -0.3 is 16.4 Å². The SMILES string of the molecule is NC(=O)CSc1ccccc1NC(=O)C1CC(=O)Nc2ccccc21. The second-order valence-electron chi connectivity index (χ2n) is 5.63. The van der Waals surface area contributed by atoms with E-state index in [2.05, 4.69) is 10.6 Å². The Morgan fingerprint density at radius 2 is 1.88 bits per heavy atom. The smallest absolute Gasteiger partial charge is 0.232 e. The van der Waals surface area contributed by atoms with Crippen molar-refractivity contribution in [3.8, 4) is 0 Å². The molecule has 1 unspecified atom stereocenters. The number of nitrogens with two attached hydrogens (primary N) is 1. The van der Waals surface area contributed by atoms with Crippen molar-refractivity contribution < 1.29 is 14.4 Å². The van der Waals surface area contributed by atoms with Gasteiger partial charge in [-0.15, -0.1) is 11.8 Å². The number of thioether (sulfide) groups is 1. The zero-order chi connectivity index (χ0) is 17.8. The number of carbonyl (C=O) groups is 3. The predicted molar refractivity (Wildman–Crippen MR) is 97.4 cm³/mol. The van der Waals surface area contributed by atoms with Gasteiger partial charge in [0, 0.05) is 17.0 Å². The van der Waals surface area contributed by atoms with Crippen LogP contribution in [0.2, 0.25) is 0 Å². The molecule has 6 nitrogen and oxygen atoms in total. The Morgan fingerprint density at radius 1 is 1.16 bits per heavy atom. The fourth-order valence-electron chi connectivity index (χ4n) is 2.71. The molecule has 7 heteroatoms. The highest BCUT2D eigenvalue weighted by Gasteiger charge is 2.30. The Balaban J connectivity index is 1.81. The largest absolute Gasteiger partial charge is 0.369 e. The topological polar surface area (TPSA) is 101 Å². The quantitative estimate of drug-likeness (QED) is 0.717. The summed E-state index contributed by atoms with van der Waals surface area (Å²) >= 11 is 1.26. The maximum absolute atomic E-state index is 12.8. The van der Waals surface area contributed by atoms with E-state index in [1.54, 1.807) is 18.2 Å². The van der Waals surface area contributed by atoms with E-state index in [0.29, 0.717) is 11.4 Å². The number of fused-ring (bicyclic) bond motifs is 1. The summed E-state index contributed by atoms with van der Waals surface area (Å²) in [4.78, 5) is 36.4. The van der Waals surface area contributed by atoms with Crippen LogP contribution in [0.4, 0.5) is 11.4 Å². The van der Waals surface area contributed by atoms with E-state index in [-0.39, 0.29) is 24.0 Å². The Kier molecular flexibility index (Phi) is 5.04. The molecule has 3 amide bonds. The molecule has 0 saturated heterocycles. The lowest BCUT2D eigenvalue weighted by Gasteiger charge is -2.25. The van der Waals surface area contributed by atoms with Crippen LogP contribution < -0.4 is 16.4 Å². The number of carbonyl (C=O) groups excluding carboxylic acids is 3. The molecular weight excluding hydrogens is 338 g/mol. The van der Waals surface area contributed by atoms with Gasteiger partial charge in [0.15, 0.2) is 0 Å². The van der Waals surface area contributed by atoms with Gasteiger partial charge in [-0.3, -0.25) is 14.4 Å². The van der Waals surface area contributed by atoms with Gasteiger partial charge in [-0.25, -0.2) is 0 Å². The van der Waals surface area contributed by atoms with Gasteiger partial charge in [0.05, 0.1) is 17.4 Å². The first-order valence-electron chi connectivity index (χ1n) is 7.74. The van der Waals surface area contributed by atoms with E-state index < -0.39 is 11.8 Å². The highest BCUT2D eigenvalue weighted by atomic mass is 32.2. The first-order chi connectivity index (χ1) is 12.0. The second kappa shape index (κ2) is 7.40. The van der Waals surface area contributed by atoms with Crippen molar-refractivity contribution in [3.05, 3.63) is 54.1 Å². The van der Waals surface area contributed by atoms with E-state index in [4.69, 9.17) is 5.73 Å². The Labute approximate surface area is 149 Å². The summed E-state index contributed by atoms with van der Waals surface area (Å²) in [5.74, 6) is -1.30. The Hall–Kier alpha value is -2.80. The van der Waals surface area contributed by atoms with Gasteiger partial charge in [-0.1, -0.05) is 30.3 Å². The summed E-state index contributed by atoms with van der Waals surface area (Å²) in [6.45, 7) is 0. The average molecular weight is 355 g/mol. The maximum Gasteiger partial charge on any atom is 0.232 e. The first kappa shape index (κ1) is 17.0. The van der Waals surface area contributed by atoms with E-state index in [1.165, 1.54) is 11.8 Å². The van der Waals surface area contributed by atoms with Crippen LogP contribution in [0.3, 0.4) is 0 Å². The van der Waals surface area contributed by atoms with Crippen molar-refractivity contribution in [3.63, 3.8) is 0 Å². The third kappa shape index (κ3) is 4.00. The summed E-state index contributed by atoms with van der Waals surface area (Å²) in [5.41, 5.74) is 7.24. The standard InChI is InChI=1S/C18H17N3O3S/c19-16(22)10-25-15-8-4-3-7-14(15)21-18(24)12-9-17(23)20-13-6-2-1-5-11(12)13/h1-8,12H,9-10H2,(H2,19,22)(H,20,23)(H,21,24). The molecule has 4 N–H and O–H groups in total. The van der Waals surface area contributed by atoms with Crippen molar-refractivity contribution in [2.75, 3.05) is 16.4 Å². The number of rotatable bonds is 5. The van der Waals surface area contributed by atoms with Crippen molar-refractivity contribution in [1.82, 2.24) is 0 Å². The molecule has 0 spiro atoms. The van der Waals surface area contributed by atoms with Crippen molar-refractivity contribution >= 4 is 40.9 Å². The zero-order valence-corrected chi connectivity index (χ0v) is 14.1. The van der Waals surface area contributed by atoms with Crippen LogP contribution in [0.1, 0.15) is 17.9 Å². The predicted octanol–water partition coefficient (Wildman–Crippen LogP) is 2.33. The van der Waals surface area contributed by atoms with Gasteiger partial charge in [-0.2, -0.15) is 0 Å². The summed E-state index contributed by atoms with van der Waals surface area (Å²) in [6.07, 6.45) is 0.0967. The number of amides is 3. The van der Waals surface area contributed by atoms with E-state index in [0.717, 1.165) is 10.5 Å². The summed E-state index contributed by atoms with van der Waals surface area (Å²) in [5, 5.41) is 5.65. The van der Waals surface area contributed by atoms with E-state index >= 15 is 0 Å². The fraction of sp³-hybridized carbons (Fsp3) is 0.167. The van der Waals surface area contributed by atoms with Crippen molar-refractivity contribution in [1.29, 1.82) is 0 Å². The molecular formula is C18H17N3O3S. The molecule has 0 aliphatic carbocycles. The normalized spacial score (nSPS) is 15.8. The third-order valence-corrected chi connectivity index (χ3v) is 4.93. The second-order valence-corrected chi connectivity index (χ2v) is 6.65. The highest BCUT2D eigenvalue weighted by Crippen LogP contribution is 2.34. The number of benzene rings is 2. The molecule has 0 saturated carbocycles. The van der Waals surface area contributed by atoms with Crippen LogP contribution in [0.25, 0.3) is 0 Å². The summed E-state index contributed by atoms with van der Waals surface area (Å²) < 4.78 is 0. The van der Waals surface area contributed by atoms with Crippen molar-refractivity contribution in [2.45, 2.75) is 17.2 Å². The summed E-state index contributed by atoms with van der Waals surface area (Å²) in [7, 11) is 0. The molecule has 1 aliphatic heterocycles. The molecule has 2 aromatic rings. The van der Waals surface area contributed by atoms with Crippen LogP contribution >= 0.6 is 11.8 Å². The van der Waals surface area contributed by atoms with E-state index in [9.17, 15) is 14.4 Å².